The van der Waals surface area contributed by atoms with E-state index in [9.17, 15) is 24.8 Å². The Morgan fingerprint density at radius 3 is 2.63 bits per heavy atom. The van der Waals surface area contributed by atoms with E-state index in [1.54, 1.807) is 0 Å². The average Bonchev–Trinajstić information content (AvgIpc) is 2.92. The molecule has 9 nitrogen and oxygen atoms in total. The van der Waals surface area contributed by atoms with Crippen molar-refractivity contribution in [2.45, 2.75) is 44.1 Å². The third-order valence-electron chi connectivity index (χ3n) is 4.19. The second-order valence-corrected chi connectivity index (χ2v) is 7.93. The van der Waals surface area contributed by atoms with Crippen molar-refractivity contribution < 1.29 is 24.6 Å². The monoisotopic (exact) mass is 397 g/mol. The summed E-state index contributed by atoms with van der Waals surface area (Å²) >= 11 is 1.05. The molecule has 0 spiro atoms. The normalized spacial score (nSPS) is 20.2. The van der Waals surface area contributed by atoms with Gasteiger partial charge in [0.1, 0.15) is 12.8 Å². The molecular formula is C17H23N3O6S. The second-order valence-electron chi connectivity index (χ2n) is 6.72. The summed E-state index contributed by atoms with van der Waals surface area (Å²) in [5.74, 6) is 0.0875. The van der Waals surface area contributed by atoms with Crippen LogP contribution in [0.15, 0.2) is 30.3 Å². The van der Waals surface area contributed by atoms with Gasteiger partial charge in [0.2, 0.25) is 0 Å². The first kappa shape index (κ1) is 20.8. The Balaban J connectivity index is 2.25. The number of nitrogens with one attached hydrogen (secondary N) is 1. The van der Waals surface area contributed by atoms with Gasteiger partial charge in [0, 0.05) is 0 Å². The van der Waals surface area contributed by atoms with E-state index in [0.717, 1.165) is 22.2 Å². The van der Waals surface area contributed by atoms with E-state index in [1.807, 2.05) is 44.2 Å². The van der Waals surface area contributed by atoms with Crippen LogP contribution >= 0.6 is 11.8 Å². The van der Waals surface area contributed by atoms with Gasteiger partial charge in [-0.3, -0.25) is 9.69 Å². The highest BCUT2D eigenvalue weighted by atomic mass is 32.2. The van der Waals surface area contributed by atoms with Gasteiger partial charge in [0.15, 0.2) is 0 Å². The molecule has 1 aliphatic rings. The van der Waals surface area contributed by atoms with Crippen LogP contribution in [0.1, 0.15) is 25.8 Å². The van der Waals surface area contributed by atoms with Crippen LogP contribution in [-0.4, -0.2) is 50.5 Å². The highest BCUT2D eigenvalue weighted by Gasteiger charge is 2.42. The maximum absolute atomic E-state index is 12.0. The van der Waals surface area contributed by atoms with E-state index in [4.69, 9.17) is 0 Å². The number of hydrogen-bond donors (Lipinski definition) is 2. The van der Waals surface area contributed by atoms with Gasteiger partial charge in [-0.1, -0.05) is 55.9 Å². The van der Waals surface area contributed by atoms with Crippen LogP contribution in [0.2, 0.25) is 0 Å². The Kier molecular flexibility index (Phi) is 7.28. The lowest BCUT2D eigenvalue weighted by Crippen LogP contribution is -2.57. The number of thioether (sulfide) groups is 1. The number of nitrogens with zero attached hydrogens (tertiary/aromatic N) is 2. The van der Waals surface area contributed by atoms with E-state index in [1.165, 1.54) is 0 Å². The first-order valence-electron chi connectivity index (χ1n) is 8.57. The van der Waals surface area contributed by atoms with Gasteiger partial charge in [0.25, 0.3) is 10.3 Å². The Morgan fingerprint density at radius 1 is 1.41 bits per heavy atom. The minimum Gasteiger partial charge on any atom is -0.465 e. The number of carbonyl (C=O) groups excluding carboxylic acids is 1. The van der Waals surface area contributed by atoms with E-state index in [2.05, 4.69) is 10.2 Å². The van der Waals surface area contributed by atoms with E-state index < -0.39 is 23.4 Å². The van der Waals surface area contributed by atoms with Crippen molar-refractivity contribution in [2.24, 2.45) is 5.92 Å². The fourth-order valence-electron chi connectivity index (χ4n) is 3.15. The summed E-state index contributed by atoms with van der Waals surface area (Å²) in [6, 6.07) is 8.69. The van der Waals surface area contributed by atoms with E-state index in [0.29, 0.717) is 12.8 Å². The first-order valence-corrected chi connectivity index (χ1v) is 9.45. The van der Waals surface area contributed by atoms with Gasteiger partial charge in [-0.25, -0.2) is 4.79 Å². The van der Waals surface area contributed by atoms with E-state index >= 15 is 0 Å². The SMILES string of the molecule is CC(C)C[C@@H](CO[N+](=O)[O-])N(C(=O)O)[C@H]1NC(=O)SC1Cc1ccccc1. The molecule has 1 saturated heterocycles. The molecule has 1 fully saturated rings. The number of amides is 2. The number of hydrogen-bond acceptors (Lipinski definition) is 6. The standard InChI is InChI=1S/C17H23N3O6S/c1-11(2)8-13(10-26-20(24)25)19(17(22)23)15-14(27-16(21)18-15)9-12-6-4-3-5-7-12/h3-7,11,13-15H,8-10H2,1-2H3,(H,18,21)(H,22,23)/t13-,14?,15+/m0/s1. The molecule has 0 saturated carbocycles. The zero-order chi connectivity index (χ0) is 20.0. The smallest absolute Gasteiger partial charge is 0.409 e. The van der Waals surface area contributed by atoms with Crippen LogP contribution in [0.4, 0.5) is 9.59 Å². The van der Waals surface area contributed by atoms with Crippen LogP contribution in [-0.2, 0) is 11.3 Å². The fourth-order valence-corrected chi connectivity index (χ4v) is 4.22. The topological polar surface area (TPSA) is 122 Å². The molecule has 0 aliphatic carbocycles. The van der Waals surface area contributed by atoms with Crippen LogP contribution in [0.25, 0.3) is 0 Å². The predicted octanol–water partition coefficient (Wildman–Crippen LogP) is 2.98. The van der Waals surface area contributed by atoms with Crippen molar-refractivity contribution in [1.29, 1.82) is 0 Å². The van der Waals surface area contributed by atoms with Gasteiger partial charge >= 0.3 is 6.09 Å². The molecule has 2 amide bonds. The fraction of sp³-hybridized carbons (Fsp3) is 0.529. The lowest BCUT2D eigenvalue weighted by Gasteiger charge is -2.36. The third kappa shape index (κ3) is 6.02. The summed E-state index contributed by atoms with van der Waals surface area (Å²) in [4.78, 5) is 40.2. The van der Waals surface area contributed by atoms with Crippen LogP contribution in [0.3, 0.4) is 0 Å². The Bertz CT molecular complexity index is 672. The molecule has 0 bridgehead atoms. The average molecular weight is 397 g/mol. The van der Waals surface area contributed by atoms with Gasteiger partial charge in [-0.2, -0.15) is 0 Å². The molecule has 1 unspecified atom stereocenters. The minimum absolute atomic E-state index is 0.0875. The maximum Gasteiger partial charge on any atom is 0.409 e. The lowest BCUT2D eigenvalue weighted by molar-refractivity contribution is -0.758. The van der Waals surface area contributed by atoms with Crippen LogP contribution < -0.4 is 5.32 Å². The molecule has 148 valence electrons. The quantitative estimate of drug-likeness (QED) is 0.485. The van der Waals surface area contributed by atoms with Crippen molar-refractivity contribution >= 4 is 23.1 Å². The summed E-state index contributed by atoms with van der Waals surface area (Å²) in [5.41, 5.74) is 0.976. The van der Waals surface area contributed by atoms with Gasteiger partial charge in [-0.15, -0.1) is 10.1 Å². The molecule has 2 rings (SSSR count). The lowest BCUT2D eigenvalue weighted by atomic mass is 10.0. The Labute approximate surface area is 161 Å². The summed E-state index contributed by atoms with van der Waals surface area (Å²) in [6.45, 7) is 3.40. The molecule has 1 aromatic carbocycles. The van der Waals surface area contributed by atoms with Crippen molar-refractivity contribution in [1.82, 2.24) is 10.2 Å². The third-order valence-corrected chi connectivity index (χ3v) is 5.24. The summed E-state index contributed by atoms with van der Waals surface area (Å²) in [7, 11) is 0. The highest BCUT2D eigenvalue weighted by Crippen LogP contribution is 2.31. The zero-order valence-electron chi connectivity index (χ0n) is 15.1. The zero-order valence-corrected chi connectivity index (χ0v) is 15.9. The van der Waals surface area contributed by atoms with Crippen molar-refractivity contribution in [2.75, 3.05) is 6.61 Å². The molecular weight excluding hydrogens is 374 g/mol. The molecule has 1 heterocycles. The molecule has 0 aromatic heterocycles. The first-order chi connectivity index (χ1) is 12.8. The van der Waals surface area contributed by atoms with Gasteiger partial charge in [0.05, 0.1) is 11.3 Å². The highest BCUT2D eigenvalue weighted by molar-refractivity contribution is 8.14. The maximum atomic E-state index is 12.0. The van der Waals surface area contributed by atoms with Crippen molar-refractivity contribution in [3.63, 3.8) is 0 Å². The molecule has 3 atom stereocenters. The van der Waals surface area contributed by atoms with Gasteiger partial charge < -0.3 is 15.3 Å². The van der Waals surface area contributed by atoms with Crippen molar-refractivity contribution in [3.8, 4) is 0 Å². The largest absolute Gasteiger partial charge is 0.465 e. The van der Waals surface area contributed by atoms with E-state index in [-0.39, 0.29) is 23.0 Å². The van der Waals surface area contributed by atoms with Crippen LogP contribution in [0, 0.1) is 16.0 Å². The molecule has 2 N–H and O–H groups in total. The molecule has 1 aliphatic heterocycles. The molecule has 27 heavy (non-hydrogen) atoms. The molecule has 10 heteroatoms. The summed E-state index contributed by atoms with van der Waals surface area (Å²) in [5, 5.41) is 21.5. The predicted molar refractivity (Wildman–Crippen MR) is 99.9 cm³/mol. The summed E-state index contributed by atoms with van der Waals surface area (Å²) in [6.07, 6.45) is -1.18. The molecule has 0 radical (unpaired) electrons. The Morgan fingerprint density at radius 2 is 2.07 bits per heavy atom. The minimum atomic E-state index is -1.25. The number of rotatable bonds is 9. The number of carboxylic acid groups (broad SMARTS) is 1. The number of benzene rings is 1. The van der Waals surface area contributed by atoms with Crippen LogP contribution in [0.5, 0.6) is 0 Å². The van der Waals surface area contributed by atoms with Gasteiger partial charge in [-0.05, 0) is 24.3 Å². The Hall–Kier alpha value is -2.49. The summed E-state index contributed by atoms with van der Waals surface area (Å²) < 4.78 is 0. The molecule has 1 aromatic rings. The van der Waals surface area contributed by atoms with Crippen molar-refractivity contribution in [3.05, 3.63) is 46.0 Å². The number of carbonyl (C=O) groups is 2. The second kappa shape index (κ2) is 9.45.